The van der Waals surface area contributed by atoms with Crippen LogP contribution in [0, 0.1) is 0 Å². The van der Waals surface area contributed by atoms with E-state index in [1.165, 1.54) is 0 Å². The van der Waals surface area contributed by atoms with Gasteiger partial charge in [-0.1, -0.05) is 12.1 Å². The first-order valence-electron chi connectivity index (χ1n) is 7.71. The lowest BCUT2D eigenvalue weighted by molar-refractivity contribution is 0.102. The summed E-state index contributed by atoms with van der Waals surface area (Å²) in [5.41, 5.74) is 2.59. The smallest absolute Gasteiger partial charge is 0.273 e. The lowest BCUT2D eigenvalue weighted by Gasteiger charge is -2.12. The number of amides is 1. The number of aromatic amines is 1. The van der Waals surface area contributed by atoms with Gasteiger partial charge in [-0.15, -0.1) is 0 Å². The highest BCUT2D eigenvalue weighted by Crippen LogP contribution is 2.23. The largest absolute Gasteiger partial charge is 0.497 e. The molecule has 0 saturated heterocycles. The molecule has 0 spiro atoms. The van der Waals surface area contributed by atoms with Crippen molar-refractivity contribution in [3.63, 3.8) is 0 Å². The third-order valence-corrected chi connectivity index (χ3v) is 3.65. The molecule has 128 valence electrons. The van der Waals surface area contributed by atoms with E-state index < -0.39 is 0 Å². The number of H-pyrrole nitrogens is 1. The number of benzene rings is 1. The molecule has 0 bridgehead atoms. The molecule has 25 heavy (non-hydrogen) atoms. The van der Waals surface area contributed by atoms with Gasteiger partial charge in [-0.25, -0.2) is 4.98 Å². The molecular formula is C18H19N5O2. The second-order valence-electron chi connectivity index (χ2n) is 5.65. The Hall–Kier alpha value is -3.35. The molecule has 3 rings (SSSR count). The number of anilines is 2. The van der Waals surface area contributed by atoms with Crippen LogP contribution in [0.25, 0.3) is 11.3 Å². The van der Waals surface area contributed by atoms with Gasteiger partial charge in [0.2, 0.25) is 0 Å². The number of aromatic nitrogens is 3. The molecule has 0 aliphatic heterocycles. The van der Waals surface area contributed by atoms with E-state index in [0.717, 1.165) is 17.1 Å². The van der Waals surface area contributed by atoms with Crippen LogP contribution in [0.3, 0.4) is 0 Å². The molecule has 0 radical (unpaired) electrons. The first kappa shape index (κ1) is 16.5. The average molecular weight is 337 g/mol. The fourth-order valence-corrected chi connectivity index (χ4v) is 2.31. The van der Waals surface area contributed by atoms with Crippen molar-refractivity contribution in [1.82, 2.24) is 15.2 Å². The third kappa shape index (κ3) is 3.77. The van der Waals surface area contributed by atoms with Crippen molar-refractivity contribution in [2.24, 2.45) is 0 Å². The van der Waals surface area contributed by atoms with Gasteiger partial charge in [0.25, 0.3) is 5.91 Å². The van der Waals surface area contributed by atoms with Crippen LogP contribution in [0.1, 0.15) is 10.5 Å². The fourth-order valence-electron chi connectivity index (χ4n) is 2.31. The minimum atomic E-state index is -0.266. The Morgan fingerprint density at radius 3 is 2.80 bits per heavy atom. The van der Waals surface area contributed by atoms with Crippen molar-refractivity contribution in [3.8, 4) is 17.0 Å². The van der Waals surface area contributed by atoms with Crippen molar-refractivity contribution >= 4 is 17.4 Å². The van der Waals surface area contributed by atoms with E-state index in [1.807, 2.05) is 43.3 Å². The van der Waals surface area contributed by atoms with Gasteiger partial charge in [-0.05, 0) is 24.3 Å². The summed E-state index contributed by atoms with van der Waals surface area (Å²) >= 11 is 0. The molecule has 7 heteroatoms. The summed E-state index contributed by atoms with van der Waals surface area (Å²) in [6.45, 7) is 0. The number of nitrogens with zero attached hydrogens (tertiary/aromatic N) is 3. The number of rotatable bonds is 5. The van der Waals surface area contributed by atoms with Crippen LogP contribution in [0.15, 0.2) is 48.7 Å². The maximum atomic E-state index is 12.4. The Labute approximate surface area is 145 Å². The normalized spacial score (nSPS) is 10.4. The third-order valence-electron chi connectivity index (χ3n) is 3.65. The zero-order valence-electron chi connectivity index (χ0n) is 14.3. The van der Waals surface area contributed by atoms with Crippen LogP contribution in [-0.4, -0.2) is 42.3 Å². The molecular weight excluding hydrogens is 318 g/mol. The van der Waals surface area contributed by atoms with Gasteiger partial charge >= 0.3 is 0 Å². The minimum absolute atomic E-state index is 0.266. The Bertz CT molecular complexity index is 888. The van der Waals surface area contributed by atoms with Crippen LogP contribution in [0.5, 0.6) is 5.75 Å². The summed E-state index contributed by atoms with van der Waals surface area (Å²) in [4.78, 5) is 18.5. The fraction of sp³-hybridized carbons (Fsp3) is 0.167. The number of ether oxygens (including phenoxy) is 1. The van der Waals surface area contributed by atoms with Crippen LogP contribution in [0.4, 0.5) is 11.5 Å². The Kier molecular flexibility index (Phi) is 4.65. The standard InChI is InChI=1S/C18H19N5O2/c1-23(2)17-10-13(7-8-19-17)20-18(24)16-11-15(21-22-16)12-5-4-6-14(9-12)25-3/h4-11H,1-3H3,(H,21,22)(H,19,20,24). The van der Waals surface area contributed by atoms with E-state index in [9.17, 15) is 4.79 Å². The van der Waals surface area contributed by atoms with Gasteiger partial charge in [0, 0.05) is 37.6 Å². The zero-order chi connectivity index (χ0) is 17.8. The highest BCUT2D eigenvalue weighted by Gasteiger charge is 2.12. The maximum Gasteiger partial charge on any atom is 0.273 e. The summed E-state index contributed by atoms with van der Waals surface area (Å²) < 4.78 is 5.21. The van der Waals surface area contributed by atoms with Gasteiger partial charge in [0.1, 0.15) is 17.3 Å². The summed E-state index contributed by atoms with van der Waals surface area (Å²) in [5.74, 6) is 1.23. The molecule has 0 aliphatic carbocycles. The molecule has 0 aliphatic rings. The first-order chi connectivity index (χ1) is 12.1. The molecule has 2 heterocycles. The minimum Gasteiger partial charge on any atom is -0.497 e. The van der Waals surface area contributed by atoms with Crippen LogP contribution < -0.4 is 15.0 Å². The Morgan fingerprint density at radius 1 is 1.20 bits per heavy atom. The predicted molar refractivity (Wildman–Crippen MR) is 97.1 cm³/mol. The molecule has 2 N–H and O–H groups in total. The number of methoxy groups -OCH3 is 1. The van der Waals surface area contributed by atoms with E-state index >= 15 is 0 Å². The molecule has 0 atom stereocenters. The number of hydrogen-bond donors (Lipinski definition) is 2. The molecule has 0 fully saturated rings. The molecule has 7 nitrogen and oxygen atoms in total. The topological polar surface area (TPSA) is 83.1 Å². The summed E-state index contributed by atoms with van der Waals surface area (Å²) in [6.07, 6.45) is 1.65. The van der Waals surface area contributed by atoms with E-state index in [4.69, 9.17) is 4.74 Å². The van der Waals surface area contributed by atoms with E-state index in [1.54, 1.807) is 31.5 Å². The molecule has 3 aromatic rings. The second kappa shape index (κ2) is 7.04. The maximum absolute atomic E-state index is 12.4. The zero-order valence-corrected chi connectivity index (χ0v) is 14.3. The van der Waals surface area contributed by atoms with Crippen molar-refractivity contribution in [3.05, 3.63) is 54.4 Å². The monoisotopic (exact) mass is 337 g/mol. The molecule has 0 saturated carbocycles. The number of pyridine rings is 1. The lowest BCUT2D eigenvalue weighted by Crippen LogP contribution is -2.14. The van der Waals surface area contributed by atoms with E-state index in [2.05, 4.69) is 20.5 Å². The Balaban J connectivity index is 1.77. The number of carbonyl (C=O) groups is 1. The van der Waals surface area contributed by atoms with E-state index in [0.29, 0.717) is 17.1 Å². The number of carbonyl (C=O) groups excluding carboxylic acids is 1. The van der Waals surface area contributed by atoms with Crippen molar-refractivity contribution in [1.29, 1.82) is 0 Å². The van der Waals surface area contributed by atoms with Crippen LogP contribution in [0.2, 0.25) is 0 Å². The first-order valence-corrected chi connectivity index (χ1v) is 7.71. The van der Waals surface area contributed by atoms with Gasteiger partial charge in [-0.2, -0.15) is 5.10 Å². The number of nitrogens with one attached hydrogen (secondary N) is 2. The van der Waals surface area contributed by atoms with Gasteiger partial charge < -0.3 is 15.0 Å². The second-order valence-corrected chi connectivity index (χ2v) is 5.65. The average Bonchev–Trinajstić information content (AvgIpc) is 3.12. The SMILES string of the molecule is COc1cccc(-c2cc(C(=O)Nc3ccnc(N(C)C)c3)[nH]n2)c1. The summed E-state index contributed by atoms with van der Waals surface area (Å²) in [5, 5.41) is 9.82. The van der Waals surface area contributed by atoms with Crippen molar-refractivity contribution < 1.29 is 9.53 Å². The molecule has 1 aromatic carbocycles. The number of hydrogen-bond acceptors (Lipinski definition) is 5. The van der Waals surface area contributed by atoms with Gasteiger partial charge in [-0.3, -0.25) is 9.89 Å². The predicted octanol–water partition coefficient (Wildman–Crippen LogP) is 2.80. The highest BCUT2D eigenvalue weighted by molar-refractivity contribution is 6.03. The summed E-state index contributed by atoms with van der Waals surface area (Å²) in [7, 11) is 5.39. The summed E-state index contributed by atoms with van der Waals surface area (Å²) in [6, 6.07) is 12.8. The van der Waals surface area contributed by atoms with Gasteiger partial charge in [0.05, 0.1) is 12.8 Å². The van der Waals surface area contributed by atoms with Crippen molar-refractivity contribution in [2.45, 2.75) is 0 Å². The van der Waals surface area contributed by atoms with Crippen LogP contribution in [-0.2, 0) is 0 Å². The lowest BCUT2D eigenvalue weighted by atomic mass is 10.1. The highest BCUT2D eigenvalue weighted by atomic mass is 16.5. The molecule has 1 amide bonds. The molecule has 2 aromatic heterocycles. The Morgan fingerprint density at radius 2 is 2.04 bits per heavy atom. The molecule has 0 unspecified atom stereocenters. The van der Waals surface area contributed by atoms with Gasteiger partial charge in [0.15, 0.2) is 0 Å². The quantitative estimate of drug-likeness (QED) is 0.748. The van der Waals surface area contributed by atoms with E-state index in [-0.39, 0.29) is 5.91 Å². The van der Waals surface area contributed by atoms with Crippen LogP contribution >= 0.6 is 0 Å². The van der Waals surface area contributed by atoms with Crippen molar-refractivity contribution in [2.75, 3.05) is 31.4 Å².